The first-order chi connectivity index (χ1) is 10.2. The summed E-state index contributed by atoms with van der Waals surface area (Å²) >= 11 is 3.49. The van der Waals surface area contributed by atoms with Gasteiger partial charge in [0.15, 0.2) is 6.61 Å². The third-order valence-corrected chi connectivity index (χ3v) is 3.94. The number of hydrogen-bond acceptors (Lipinski definition) is 4. The third kappa shape index (κ3) is 4.69. The number of rotatable bonds is 6. The maximum absolute atomic E-state index is 12.1. The Kier molecular flexibility index (Phi) is 6.48. The van der Waals surface area contributed by atoms with Gasteiger partial charge in [-0.15, -0.1) is 0 Å². The molecule has 1 aliphatic rings. The van der Waals surface area contributed by atoms with E-state index in [9.17, 15) is 4.79 Å². The van der Waals surface area contributed by atoms with Crippen molar-refractivity contribution in [2.75, 3.05) is 39.5 Å². The Morgan fingerprint density at radius 2 is 2.19 bits per heavy atom. The number of amides is 1. The van der Waals surface area contributed by atoms with Gasteiger partial charge in [-0.05, 0) is 28.5 Å². The molecule has 6 heteroatoms. The van der Waals surface area contributed by atoms with Gasteiger partial charge < -0.3 is 19.7 Å². The van der Waals surface area contributed by atoms with Crippen LogP contribution in [0.4, 0.5) is 0 Å². The zero-order chi connectivity index (χ0) is 15.1. The first-order valence-electron chi connectivity index (χ1n) is 7.18. The van der Waals surface area contributed by atoms with E-state index in [-0.39, 0.29) is 12.5 Å². The molecular weight excluding hydrogens is 336 g/mol. The van der Waals surface area contributed by atoms with Gasteiger partial charge >= 0.3 is 0 Å². The highest BCUT2D eigenvalue weighted by atomic mass is 79.9. The van der Waals surface area contributed by atoms with Crippen molar-refractivity contribution in [2.24, 2.45) is 0 Å². The van der Waals surface area contributed by atoms with Crippen LogP contribution in [0.15, 0.2) is 22.7 Å². The highest BCUT2D eigenvalue weighted by molar-refractivity contribution is 9.10. The fourth-order valence-corrected chi connectivity index (χ4v) is 2.67. The molecule has 0 bridgehead atoms. The van der Waals surface area contributed by atoms with Crippen LogP contribution < -0.4 is 10.1 Å². The van der Waals surface area contributed by atoms with Crippen LogP contribution in [0.5, 0.6) is 5.75 Å². The van der Waals surface area contributed by atoms with Crippen molar-refractivity contribution in [3.8, 4) is 5.75 Å². The van der Waals surface area contributed by atoms with Crippen LogP contribution in [-0.2, 0) is 16.1 Å². The van der Waals surface area contributed by atoms with Crippen molar-refractivity contribution >= 4 is 21.8 Å². The second kappa shape index (κ2) is 8.36. The van der Waals surface area contributed by atoms with Gasteiger partial charge in [0, 0.05) is 25.2 Å². The van der Waals surface area contributed by atoms with Gasteiger partial charge in [-0.25, -0.2) is 0 Å². The summed E-state index contributed by atoms with van der Waals surface area (Å²) < 4.78 is 11.9. The number of halogens is 1. The molecule has 1 aromatic carbocycles. The highest BCUT2D eigenvalue weighted by Crippen LogP contribution is 2.29. The molecule has 1 amide bonds. The average molecular weight is 357 g/mol. The normalized spacial score (nSPS) is 15.0. The Labute approximate surface area is 133 Å². The predicted molar refractivity (Wildman–Crippen MR) is 84.4 cm³/mol. The Morgan fingerprint density at radius 3 is 2.90 bits per heavy atom. The maximum Gasteiger partial charge on any atom is 0.260 e. The summed E-state index contributed by atoms with van der Waals surface area (Å²) in [5, 5.41) is 3.27. The summed E-state index contributed by atoms with van der Waals surface area (Å²) in [4.78, 5) is 13.9. The summed E-state index contributed by atoms with van der Waals surface area (Å²) in [6.07, 6.45) is 0. The van der Waals surface area contributed by atoms with Crippen molar-refractivity contribution in [1.82, 2.24) is 10.2 Å². The van der Waals surface area contributed by atoms with Crippen molar-refractivity contribution in [3.63, 3.8) is 0 Å². The number of nitrogens with zero attached hydrogens (tertiary/aromatic N) is 1. The molecule has 0 spiro atoms. The summed E-state index contributed by atoms with van der Waals surface area (Å²) in [5.41, 5.74) is 1.04. The minimum Gasteiger partial charge on any atom is -0.482 e. The average Bonchev–Trinajstić information content (AvgIpc) is 2.52. The Morgan fingerprint density at radius 1 is 1.43 bits per heavy atom. The molecule has 21 heavy (non-hydrogen) atoms. The van der Waals surface area contributed by atoms with Crippen LogP contribution in [0, 0.1) is 0 Å². The topological polar surface area (TPSA) is 50.8 Å². The van der Waals surface area contributed by atoms with E-state index in [0.29, 0.717) is 26.3 Å². The number of benzene rings is 1. The number of para-hydroxylation sites is 1. The lowest BCUT2D eigenvalue weighted by molar-refractivity contribution is -0.137. The van der Waals surface area contributed by atoms with Crippen LogP contribution >= 0.6 is 15.9 Å². The number of carbonyl (C=O) groups is 1. The van der Waals surface area contributed by atoms with E-state index in [1.165, 1.54) is 0 Å². The van der Waals surface area contributed by atoms with Gasteiger partial charge in [0.1, 0.15) is 5.75 Å². The molecule has 1 heterocycles. The van der Waals surface area contributed by atoms with Gasteiger partial charge in [-0.3, -0.25) is 4.79 Å². The molecule has 0 saturated carbocycles. The number of ether oxygens (including phenoxy) is 2. The SMILES string of the molecule is CCNCc1cccc(Br)c1OCC(=O)N1CCOCC1. The summed E-state index contributed by atoms with van der Waals surface area (Å²) in [6.45, 7) is 6.21. The third-order valence-electron chi connectivity index (χ3n) is 3.32. The number of morpholine rings is 1. The van der Waals surface area contributed by atoms with E-state index >= 15 is 0 Å². The quantitative estimate of drug-likeness (QED) is 0.844. The van der Waals surface area contributed by atoms with E-state index in [1.807, 2.05) is 18.2 Å². The molecule has 0 atom stereocenters. The molecule has 0 radical (unpaired) electrons. The lowest BCUT2D eigenvalue weighted by Gasteiger charge is -2.27. The van der Waals surface area contributed by atoms with Crippen LogP contribution in [0.3, 0.4) is 0 Å². The van der Waals surface area contributed by atoms with Gasteiger partial charge in [0.25, 0.3) is 5.91 Å². The van der Waals surface area contributed by atoms with Crippen molar-refractivity contribution in [1.29, 1.82) is 0 Å². The highest BCUT2D eigenvalue weighted by Gasteiger charge is 2.18. The largest absolute Gasteiger partial charge is 0.482 e. The Hall–Kier alpha value is -1.11. The Bertz CT molecular complexity index is 476. The summed E-state index contributed by atoms with van der Waals surface area (Å²) in [7, 11) is 0. The van der Waals surface area contributed by atoms with E-state index in [1.54, 1.807) is 4.90 Å². The number of hydrogen-bond donors (Lipinski definition) is 1. The summed E-state index contributed by atoms with van der Waals surface area (Å²) in [5.74, 6) is 0.739. The molecule has 116 valence electrons. The molecular formula is C15H21BrN2O3. The minimum atomic E-state index is 0.00320. The fraction of sp³-hybridized carbons (Fsp3) is 0.533. The van der Waals surface area contributed by atoms with Crippen LogP contribution in [-0.4, -0.2) is 50.3 Å². The van der Waals surface area contributed by atoms with Crippen molar-refractivity contribution in [2.45, 2.75) is 13.5 Å². The van der Waals surface area contributed by atoms with Crippen molar-refractivity contribution in [3.05, 3.63) is 28.2 Å². The molecule has 0 aliphatic carbocycles. The first-order valence-corrected chi connectivity index (χ1v) is 7.98. The maximum atomic E-state index is 12.1. The molecule has 2 rings (SSSR count). The molecule has 0 unspecified atom stereocenters. The first kappa shape index (κ1) is 16.3. The van der Waals surface area contributed by atoms with E-state index in [4.69, 9.17) is 9.47 Å². The van der Waals surface area contributed by atoms with Crippen LogP contribution in [0.2, 0.25) is 0 Å². The second-order valence-electron chi connectivity index (χ2n) is 4.79. The molecule has 0 aromatic heterocycles. The Balaban J connectivity index is 1.96. The summed E-state index contributed by atoms with van der Waals surface area (Å²) in [6, 6.07) is 5.89. The van der Waals surface area contributed by atoms with Gasteiger partial charge in [-0.2, -0.15) is 0 Å². The molecule has 1 aromatic rings. The second-order valence-corrected chi connectivity index (χ2v) is 5.64. The van der Waals surface area contributed by atoms with Crippen LogP contribution in [0.1, 0.15) is 12.5 Å². The van der Waals surface area contributed by atoms with Crippen LogP contribution in [0.25, 0.3) is 0 Å². The van der Waals surface area contributed by atoms with Gasteiger partial charge in [0.2, 0.25) is 0 Å². The monoisotopic (exact) mass is 356 g/mol. The van der Waals surface area contributed by atoms with Gasteiger partial charge in [0.05, 0.1) is 17.7 Å². The van der Waals surface area contributed by atoms with Gasteiger partial charge in [-0.1, -0.05) is 19.1 Å². The molecule has 1 fully saturated rings. The van der Waals surface area contributed by atoms with Crippen molar-refractivity contribution < 1.29 is 14.3 Å². The van der Waals surface area contributed by atoms with E-state index in [0.717, 1.165) is 28.9 Å². The fourth-order valence-electron chi connectivity index (χ4n) is 2.15. The van der Waals surface area contributed by atoms with E-state index < -0.39 is 0 Å². The molecule has 1 aliphatic heterocycles. The smallest absolute Gasteiger partial charge is 0.260 e. The zero-order valence-corrected chi connectivity index (χ0v) is 13.8. The molecule has 1 N–H and O–H groups in total. The standard InChI is InChI=1S/C15H21BrN2O3/c1-2-17-10-12-4-3-5-13(16)15(12)21-11-14(19)18-6-8-20-9-7-18/h3-5,17H,2,6-11H2,1H3. The number of carbonyl (C=O) groups excluding carboxylic acids is 1. The zero-order valence-electron chi connectivity index (χ0n) is 12.2. The minimum absolute atomic E-state index is 0.00320. The number of nitrogens with one attached hydrogen (secondary N) is 1. The predicted octanol–water partition coefficient (Wildman–Crippen LogP) is 1.80. The lowest BCUT2D eigenvalue weighted by Crippen LogP contribution is -2.43. The molecule has 5 nitrogen and oxygen atoms in total. The lowest BCUT2D eigenvalue weighted by atomic mass is 10.2. The molecule has 1 saturated heterocycles. The van der Waals surface area contributed by atoms with E-state index in [2.05, 4.69) is 28.2 Å².